The van der Waals surface area contributed by atoms with Crippen molar-refractivity contribution in [2.75, 3.05) is 0 Å². The second-order valence-electron chi connectivity index (χ2n) is 5.23. The number of aromatic nitrogens is 2. The summed E-state index contributed by atoms with van der Waals surface area (Å²) in [6.07, 6.45) is 2.18. The second kappa shape index (κ2) is 5.32. The Hall–Kier alpha value is -1.58. The standard InChI is InChI=1S/C16H14Cl2N2O/c1-9-3-5-12(17)11(7-9)16-14-13(19-20(16)2)6-4-10(8-21)15(14)18/h3,5,7-8H,4,6H2,1-2H3. The molecule has 0 N–H and O–H groups in total. The molecule has 0 aliphatic heterocycles. The fraction of sp³-hybridized carbons (Fsp3) is 0.250. The average molecular weight is 321 g/mol. The molecule has 108 valence electrons. The third kappa shape index (κ3) is 2.30. The number of hydrogen-bond donors (Lipinski definition) is 0. The minimum Gasteiger partial charge on any atom is -0.298 e. The fourth-order valence-corrected chi connectivity index (χ4v) is 3.29. The van der Waals surface area contributed by atoms with Gasteiger partial charge in [-0.05, 0) is 31.9 Å². The highest BCUT2D eigenvalue weighted by atomic mass is 35.5. The van der Waals surface area contributed by atoms with Gasteiger partial charge in [0.15, 0.2) is 0 Å². The van der Waals surface area contributed by atoms with Gasteiger partial charge in [-0.15, -0.1) is 0 Å². The number of aryl methyl sites for hydroxylation is 3. The van der Waals surface area contributed by atoms with Crippen molar-refractivity contribution in [3.63, 3.8) is 0 Å². The maximum absolute atomic E-state index is 11.2. The molecule has 0 saturated carbocycles. The Morgan fingerprint density at radius 3 is 2.76 bits per heavy atom. The summed E-state index contributed by atoms with van der Waals surface area (Å²) >= 11 is 12.8. The van der Waals surface area contributed by atoms with E-state index in [9.17, 15) is 4.79 Å². The summed E-state index contributed by atoms with van der Waals surface area (Å²) in [6.45, 7) is 2.01. The molecule has 1 aliphatic rings. The zero-order valence-electron chi connectivity index (χ0n) is 11.8. The van der Waals surface area contributed by atoms with Crippen molar-refractivity contribution in [1.29, 1.82) is 0 Å². The van der Waals surface area contributed by atoms with E-state index in [0.29, 0.717) is 22.0 Å². The van der Waals surface area contributed by atoms with Gasteiger partial charge in [0.25, 0.3) is 0 Å². The van der Waals surface area contributed by atoms with Crippen LogP contribution in [0.3, 0.4) is 0 Å². The Balaban J connectivity index is 2.32. The summed E-state index contributed by atoms with van der Waals surface area (Å²) in [5.74, 6) is 0. The summed E-state index contributed by atoms with van der Waals surface area (Å²) in [4.78, 5) is 11.2. The van der Waals surface area contributed by atoms with Crippen LogP contribution in [-0.2, 0) is 18.3 Å². The monoisotopic (exact) mass is 320 g/mol. The minimum atomic E-state index is 0.493. The van der Waals surface area contributed by atoms with Crippen LogP contribution in [0.25, 0.3) is 16.3 Å². The van der Waals surface area contributed by atoms with Crippen molar-refractivity contribution in [2.45, 2.75) is 19.8 Å². The van der Waals surface area contributed by atoms with E-state index < -0.39 is 0 Å². The number of aldehydes is 1. The van der Waals surface area contributed by atoms with Gasteiger partial charge in [-0.3, -0.25) is 9.48 Å². The molecule has 0 bridgehead atoms. The quantitative estimate of drug-likeness (QED) is 0.779. The van der Waals surface area contributed by atoms with Crippen LogP contribution in [0.4, 0.5) is 0 Å². The molecule has 0 spiro atoms. The zero-order valence-corrected chi connectivity index (χ0v) is 13.3. The first kappa shape index (κ1) is 14.4. The van der Waals surface area contributed by atoms with E-state index in [-0.39, 0.29) is 0 Å². The third-order valence-corrected chi connectivity index (χ3v) is 4.53. The predicted molar refractivity (Wildman–Crippen MR) is 85.5 cm³/mol. The summed E-state index contributed by atoms with van der Waals surface area (Å²) in [6, 6.07) is 5.84. The van der Waals surface area contributed by atoms with E-state index in [4.69, 9.17) is 23.2 Å². The van der Waals surface area contributed by atoms with E-state index in [1.165, 1.54) is 0 Å². The lowest BCUT2D eigenvalue weighted by molar-refractivity contribution is -0.105. The van der Waals surface area contributed by atoms with Crippen LogP contribution in [0.5, 0.6) is 0 Å². The number of hydrogen-bond acceptors (Lipinski definition) is 2. The van der Waals surface area contributed by atoms with E-state index in [1.807, 2.05) is 32.2 Å². The van der Waals surface area contributed by atoms with E-state index in [0.717, 1.165) is 40.8 Å². The van der Waals surface area contributed by atoms with E-state index in [2.05, 4.69) is 5.10 Å². The zero-order chi connectivity index (χ0) is 15.1. The lowest BCUT2D eigenvalue weighted by Gasteiger charge is -2.14. The topological polar surface area (TPSA) is 34.9 Å². The van der Waals surface area contributed by atoms with Gasteiger partial charge >= 0.3 is 0 Å². The molecule has 0 fully saturated rings. The van der Waals surface area contributed by atoms with Crippen LogP contribution in [0.1, 0.15) is 23.2 Å². The number of halogens is 2. The van der Waals surface area contributed by atoms with E-state index in [1.54, 1.807) is 4.68 Å². The summed E-state index contributed by atoms with van der Waals surface area (Å²) in [7, 11) is 1.87. The van der Waals surface area contributed by atoms with Gasteiger partial charge in [0, 0.05) is 28.8 Å². The van der Waals surface area contributed by atoms with Gasteiger partial charge in [0.05, 0.1) is 16.4 Å². The van der Waals surface area contributed by atoms with Gasteiger partial charge in [0.1, 0.15) is 6.29 Å². The Bertz CT molecular complexity index is 775. The first-order chi connectivity index (χ1) is 10.0. The molecule has 5 heteroatoms. The van der Waals surface area contributed by atoms with Gasteiger partial charge in [-0.25, -0.2) is 0 Å². The number of nitrogens with zero attached hydrogens (tertiary/aromatic N) is 2. The molecule has 0 unspecified atom stereocenters. The van der Waals surface area contributed by atoms with Crippen LogP contribution < -0.4 is 0 Å². The lowest BCUT2D eigenvalue weighted by atomic mass is 9.94. The third-order valence-electron chi connectivity index (χ3n) is 3.77. The number of allylic oxidation sites excluding steroid dienone is 1. The number of carbonyl (C=O) groups is 1. The lowest BCUT2D eigenvalue weighted by Crippen LogP contribution is -2.03. The minimum absolute atomic E-state index is 0.493. The number of rotatable bonds is 2. The smallest absolute Gasteiger partial charge is 0.147 e. The molecule has 3 rings (SSSR count). The first-order valence-corrected chi connectivity index (χ1v) is 7.45. The molecule has 2 aromatic rings. The predicted octanol–water partition coefficient (Wildman–Crippen LogP) is 4.14. The Morgan fingerprint density at radius 2 is 2.05 bits per heavy atom. The molecular weight excluding hydrogens is 307 g/mol. The van der Waals surface area contributed by atoms with Crippen molar-refractivity contribution in [1.82, 2.24) is 9.78 Å². The summed E-state index contributed by atoms with van der Waals surface area (Å²) in [5, 5.41) is 5.68. The number of fused-ring (bicyclic) bond motifs is 1. The maximum atomic E-state index is 11.2. The summed E-state index contributed by atoms with van der Waals surface area (Å²) < 4.78 is 1.79. The summed E-state index contributed by atoms with van der Waals surface area (Å²) in [5.41, 5.74) is 5.24. The molecule has 3 nitrogen and oxygen atoms in total. The van der Waals surface area contributed by atoms with Gasteiger partial charge in [0.2, 0.25) is 0 Å². The Labute approximate surface area is 133 Å². The molecule has 1 heterocycles. The van der Waals surface area contributed by atoms with Crippen LogP contribution >= 0.6 is 23.2 Å². The van der Waals surface area contributed by atoms with E-state index >= 15 is 0 Å². The van der Waals surface area contributed by atoms with Crippen LogP contribution in [-0.4, -0.2) is 16.1 Å². The SMILES string of the molecule is Cc1ccc(Cl)c(-c2c3c(nn2C)CCC(C=O)=C3Cl)c1. The molecule has 1 aliphatic carbocycles. The first-order valence-electron chi connectivity index (χ1n) is 6.69. The molecule has 1 aromatic carbocycles. The van der Waals surface area contributed by atoms with Crippen molar-refractivity contribution in [3.05, 3.63) is 45.6 Å². The van der Waals surface area contributed by atoms with Gasteiger partial charge in [-0.1, -0.05) is 34.8 Å². The normalized spacial score (nSPS) is 14.3. The Kier molecular flexibility index (Phi) is 3.64. The number of benzene rings is 1. The van der Waals surface area contributed by atoms with Crippen molar-refractivity contribution in [2.24, 2.45) is 7.05 Å². The fourth-order valence-electron chi connectivity index (χ4n) is 2.75. The maximum Gasteiger partial charge on any atom is 0.147 e. The molecular formula is C16H14Cl2N2O. The van der Waals surface area contributed by atoms with Crippen molar-refractivity contribution < 1.29 is 4.79 Å². The van der Waals surface area contributed by atoms with Crippen LogP contribution in [0.2, 0.25) is 5.02 Å². The molecule has 0 radical (unpaired) electrons. The van der Waals surface area contributed by atoms with Gasteiger partial charge < -0.3 is 0 Å². The van der Waals surface area contributed by atoms with Crippen LogP contribution in [0, 0.1) is 6.92 Å². The highest BCUT2D eigenvalue weighted by Gasteiger charge is 2.26. The highest BCUT2D eigenvalue weighted by Crippen LogP contribution is 2.41. The molecule has 0 saturated heterocycles. The Morgan fingerprint density at radius 1 is 1.29 bits per heavy atom. The largest absolute Gasteiger partial charge is 0.298 e. The number of carbonyl (C=O) groups excluding carboxylic acids is 1. The molecule has 0 atom stereocenters. The highest BCUT2D eigenvalue weighted by molar-refractivity contribution is 6.51. The second-order valence-corrected chi connectivity index (χ2v) is 6.02. The van der Waals surface area contributed by atoms with Crippen LogP contribution in [0.15, 0.2) is 23.8 Å². The molecule has 0 amide bonds. The average Bonchev–Trinajstić information content (AvgIpc) is 2.79. The van der Waals surface area contributed by atoms with Gasteiger partial charge in [-0.2, -0.15) is 5.10 Å². The van der Waals surface area contributed by atoms with Crippen molar-refractivity contribution >= 4 is 34.5 Å². The van der Waals surface area contributed by atoms with Crippen molar-refractivity contribution in [3.8, 4) is 11.3 Å². The molecule has 21 heavy (non-hydrogen) atoms. The molecule has 1 aromatic heterocycles.